The maximum atomic E-state index is 12.8. The van der Waals surface area contributed by atoms with Crippen molar-refractivity contribution in [1.29, 1.82) is 0 Å². The third-order valence-corrected chi connectivity index (χ3v) is 9.66. The molecule has 13 heteroatoms. The van der Waals surface area contributed by atoms with Crippen LogP contribution >= 0.6 is 0 Å². The van der Waals surface area contributed by atoms with Crippen LogP contribution in [0.25, 0.3) is 0 Å². The normalized spacial score (nSPS) is 13.8. The third kappa shape index (κ3) is 19.2. The van der Waals surface area contributed by atoms with Crippen LogP contribution in [0.5, 0.6) is 0 Å². The quantitative estimate of drug-likeness (QED) is 0.0652. The molecule has 0 aromatic rings. The fourth-order valence-electron chi connectivity index (χ4n) is 4.49. The van der Waals surface area contributed by atoms with Crippen LogP contribution < -0.4 is 10.8 Å². The molecule has 0 aliphatic rings. The lowest BCUT2D eigenvalue weighted by Crippen LogP contribution is -2.55. The molecule has 0 heterocycles. The standard InChI is InChI=1S/C26H48F10N2Si/c27-23(28,25(31,32)33)19-15-11-7-3-1-5-9-13-17-21-39(37,38)22-18-14-10-6-2-4-8-12-16-20-24(29,30)26(34,35)36/h1-22,37-38H2. The van der Waals surface area contributed by atoms with Gasteiger partial charge in [-0.15, -0.1) is 0 Å². The Hall–Kier alpha value is -0.563. The van der Waals surface area contributed by atoms with Crippen LogP contribution in [-0.4, -0.2) is 32.6 Å². The van der Waals surface area contributed by atoms with E-state index in [1.807, 2.05) is 0 Å². The van der Waals surface area contributed by atoms with Gasteiger partial charge in [0.05, 0.1) is 0 Å². The van der Waals surface area contributed by atoms with E-state index in [4.69, 9.17) is 10.8 Å². The van der Waals surface area contributed by atoms with Crippen molar-refractivity contribution in [2.75, 3.05) is 0 Å². The fourth-order valence-corrected chi connectivity index (χ4v) is 6.55. The molecule has 0 bridgehead atoms. The Morgan fingerprint density at radius 2 is 0.538 bits per heavy atom. The van der Waals surface area contributed by atoms with Crippen molar-refractivity contribution in [2.45, 2.75) is 165 Å². The highest BCUT2D eigenvalue weighted by Crippen LogP contribution is 2.40. The molecule has 0 aliphatic heterocycles. The molecule has 0 saturated heterocycles. The van der Waals surface area contributed by atoms with E-state index >= 15 is 0 Å². The molecule has 0 saturated carbocycles. The zero-order chi connectivity index (χ0) is 30.1. The highest BCUT2D eigenvalue weighted by Gasteiger charge is 2.57. The minimum absolute atomic E-state index is 0.130. The van der Waals surface area contributed by atoms with Crippen LogP contribution in [0.3, 0.4) is 0 Å². The van der Waals surface area contributed by atoms with Gasteiger partial charge >= 0.3 is 24.2 Å². The molecule has 0 radical (unpaired) electrons. The van der Waals surface area contributed by atoms with Crippen molar-refractivity contribution < 1.29 is 43.9 Å². The summed E-state index contributed by atoms with van der Waals surface area (Å²) in [5, 5.41) is 12.6. The summed E-state index contributed by atoms with van der Waals surface area (Å²) in [6.07, 6.45) is 0.0210. The molecule has 0 rings (SSSR count). The molecule has 0 fully saturated rings. The Bertz CT molecular complexity index is 561. The van der Waals surface area contributed by atoms with E-state index in [0.717, 1.165) is 89.1 Å². The van der Waals surface area contributed by atoms with E-state index in [9.17, 15) is 43.9 Å². The van der Waals surface area contributed by atoms with Gasteiger partial charge in [-0.25, -0.2) is 0 Å². The van der Waals surface area contributed by atoms with Crippen LogP contribution in [-0.2, 0) is 0 Å². The van der Waals surface area contributed by atoms with Crippen LogP contribution in [0, 0.1) is 0 Å². The molecule has 39 heavy (non-hydrogen) atoms. The molecular weight excluding hydrogens is 558 g/mol. The zero-order valence-electron chi connectivity index (χ0n) is 23.0. The van der Waals surface area contributed by atoms with Gasteiger partial charge in [0.25, 0.3) is 0 Å². The first-order valence-electron chi connectivity index (χ1n) is 14.4. The number of rotatable bonds is 24. The second kappa shape index (κ2) is 18.8. The van der Waals surface area contributed by atoms with Gasteiger partial charge < -0.3 is 10.8 Å². The number of nitrogens with two attached hydrogens (primary N) is 2. The highest BCUT2D eigenvalue weighted by molar-refractivity contribution is 6.73. The number of hydrogen-bond donors (Lipinski definition) is 2. The SMILES string of the molecule is N[Si](N)(CCCCCCCCCCCC(F)(F)C(F)(F)F)CCCCCCCCCCCC(F)(F)C(F)(F)F. The summed E-state index contributed by atoms with van der Waals surface area (Å²) < 4.78 is 124. The number of unbranched alkanes of at least 4 members (excludes halogenated alkanes) is 16. The second-order valence-electron chi connectivity index (χ2n) is 11.0. The van der Waals surface area contributed by atoms with E-state index in [1.54, 1.807) is 0 Å². The van der Waals surface area contributed by atoms with E-state index in [-0.39, 0.29) is 12.8 Å². The minimum atomic E-state index is -5.47. The molecule has 0 aromatic carbocycles. The van der Waals surface area contributed by atoms with Gasteiger partial charge in [0.15, 0.2) is 8.40 Å². The van der Waals surface area contributed by atoms with Crippen molar-refractivity contribution >= 4 is 8.40 Å². The first kappa shape index (κ1) is 38.4. The molecule has 0 aliphatic carbocycles. The molecule has 0 atom stereocenters. The maximum Gasteiger partial charge on any atom is 0.453 e. The summed E-state index contributed by atoms with van der Waals surface area (Å²) in [4.78, 5) is 0. The van der Waals surface area contributed by atoms with Crippen LogP contribution in [0.1, 0.15) is 128 Å². The van der Waals surface area contributed by atoms with Gasteiger partial charge in [-0.2, -0.15) is 43.9 Å². The minimum Gasteiger partial charge on any atom is -0.339 e. The van der Waals surface area contributed by atoms with E-state index in [1.165, 1.54) is 0 Å². The summed E-state index contributed by atoms with van der Waals surface area (Å²) in [6, 6.07) is 1.68. The summed E-state index contributed by atoms with van der Waals surface area (Å²) in [5.74, 6) is -9.19. The van der Waals surface area contributed by atoms with Crippen molar-refractivity contribution in [3.8, 4) is 0 Å². The Kier molecular flexibility index (Phi) is 18.5. The zero-order valence-corrected chi connectivity index (χ0v) is 24.0. The van der Waals surface area contributed by atoms with Gasteiger partial charge in [0.2, 0.25) is 0 Å². The molecule has 0 aromatic heterocycles. The third-order valence-electron chi connectivity index (χ3n) is 7.10. The predicted octanol–water partition coefficient (Wildman–Crippen LogP) is 10.5. The van der Waals surface area contributed by atoms with E-state index < -0.39 is 45.4 Å². The lowest BCUT2D eigenvalue weighted by atomic mass is 10.0. The van der Waals surface area contributed by atoms with E-state index in [0.29, 0.717) is 25.7 Å². The average Bonchev–Trinajstić information content (AvgIpc) is 2.79. The van der Waals surface area contributed by atoms with E-state index in [2.05, 4.69) is 0 Å². The first-order valence-corrected chi connectivity index (χ1v) is 17.0. The molecule has 0 spiro atoms. The van der Waals surface area contributed by atoms with Crippen molar-refractivity contribution in [1.82, 2.24) is 0 Å². The maximum absolute atomic E-state index is 12.8. The summed E-state index contributed by atoms with van der Waals surface area (Å²) >= 11 is 0. The molecule has 0 unspecified atom stereocenters. The Morgan fingerprint density at radius 3 is 0.769 bits per heavy atom. The van der Waals surface area contributed by atoms with Gasteiger partial charge in [-0.3, -0.25) is 0 Å². The van der Waals surface area contributed by atoms with Crippen molar-refractivity contribution in [2.24, 2.45) is 10.8 Å². The predicted molar refractivity (Wildman–Crippen MR) is 138 cm³/mol. The Morgan fingerprint density at radius 1 is 0.333 bits per heavy atom. The largest absolute Gasteiger partial charge is 0.453 e. The highest BCUT2D eigenvalue weighted by atomic mass is 28.3. The molecule has 0 amide bonds. The molecule has 4 N–H and O–H groups in total. The Balaban J connectivity index is 3.54. The lowest BCUT2D eigenvalue weighted by molar-refractivity contribution is -0.284. The first-order chi connectivity index (χ1) is 17.9. The summed E-state index contributed by atoms with van der Waals surface area (Å²) in [5.41, 5.74) is 0. The van der Waals surface area contributed by atoms with Gasteiger partial charge in [-0.05, 0) is 24.9 Å². The van der Waals surface area contributed by atoms with Crippen LogP contribution in [0.2, 0.25) is 12.1 Å². The smallest absolute Gasteiger partial charge is 0.339 e. The average molecular weight is 607 g/mol. The van der Waals surface area contributed by atoms with Gasteiger partial charge in [0.1, 0.15) is 0 Å². The summed E-state index contributed by atoms with van der Waals surface area (Å²) in [6.45, 7) is 0. The monoisotopic (exact) mass is 606 g/mol. The number of halogens is 10. The van der Waals surface area contributed by atoms with Crippen LogP contribution in [0.4, 0.5) is 43.9 Å². The summed E-state index contributed by atoms with van der Waals surface area (Å²) in [7, 11) is -2.22. The molecular formula is C26H48F10N2Si. The molecule has 2 nitrogen and oxygen atoms in total. The fraction of sp³-hybridized carbons (Fsp3) is 1.00. The Labute approximate surface area is 228 Å². The van der Waals surface area contributed by atoms with Gasteiger partial charge in [-0.1, -0.05) is 103 Å². The lowest BCUT2D eigenvalue weighted by Gasteiger charge is -2.21. The number of hydrogen-bond acceptors (Lipinski definition) is 2. The molecule has 236 valence electrons. The second-order valence-corrected chi connectivity index (χ2v) is 14.5. The van der Waals surface area contributed by atoms with Crippen molar-refractivity contribution in [3.05, 3.63) is 0 Å². The van der Waals surface area contributed by atoms with Crippen LogP contribution in [0.15, 0.2) is 0 Å². The van der Waals surface area contributed by atoms with Crippen molar-refractivity contribution in [3.63, 3.8) is 0 Å². The number of alkyl halides is 10. The van der Waals surface area contributed by atoms with Gasteiger partial charge in [0, 0.05) is 12.8 Å². The topological polar surface area (TPSA) is 52.0 Å².